The van der Waals surface area contributed by atoms with E-state index in [1.165, 1.54) is 10.5 Å². The van der Waals surface area contributed by atoms with E-state index in [0.29, 0.717) is 18.0 Å². The van der Waals surface area contributed by atoms with E-state index >= 15 is 0 Å². The first kappa shape index (κ1) is 13.0. The van der Waals surface area contributed by atoms with Crippen molar-refractivity contribution in [3.63, 3.8) is 0 Å². The molecule has 4 heteroatoms. The normalized spacial score (nSPS) is 30.2. The number of rotatable bonds is 1. The van der Waals surface area contributed by atoms with Crippen molar-refractivity contribution < 1.29 is 4.79 Å². The van der Waals surface area contributed by atoms with Crippen molar-refractivity contribution in [2.75, 3.05) is 18.8 Å². The summed E-state index contributed by atoms with van der Waals surface area (Å²) in [6.45, 7) is 5.94. The summed E-state index contributed by atoms with van der Waals surface area (Å²) in [6, 6.07) is 9.08. The Morgan fingerprint density at radius 1 is 1.26 bits per heavy atom. The molecule has 3 nitrogen and oxygen atoms in total. The van der Waals surface area contributed by atoms with Crippen molar-refractivity contribution in [2.45, 2.75) is 36.7 Å². The van der Waals surface area contributed by atoms with Gasteiger partial charge in [-0.25, -0.2) is 0 Å². The van der Waals surface area contributed by atoms with Gasteiger partial charge < -0.3 is 10.2 Å². The van der Waals surface area contributed by atoms with E-state index in [1.54, 1.807) is 11.8 Å². The van der Waals surface area contributed by atoms with Gasteiger partial charge in [0.15, 0.2) is 0 Å². The third kappa shape index (κ3) is 2.51. The van der Waals surface area contributed by atoms with Crippen molar-refractivity contribution in [1.82, 2.24) is 10.2 Å². The summed E-state index contributed by atoms with van der Waals surface area (Å²) in [5, 5.41) is 3.47. The van der Waals surface area contributed by atoms with Crippen LogP contribution in [0.4, 0.5) is 0 Å². The van der Waals surface area contributed by atoms with E-state index in [1.807, 2.05) is 17.0 Å². The number of carbonyl (C=O) groups excluding carboxylic acids is 1. The molecule has 1 fully saturated rings. The van der Waals surface area contributed by atoms with Crippen molar-refractivity contribution >= 4 is 17.7 Å². The van der Waals surface area contributed by atoms with E-state index in [0.717, 1.165) is 18.8 Å². The number of nitrogens with one attached hydrogen (secondary N) is 1. The van der Waals surface area contributed by atoms with Crippen molar-refractivity contribution in [3.8, 4) is 0 Å². The van der Waals surface area contributed by atoms with Crippen LogP contribution >= 0.6 is 11.8 Å². The van der Waals surface area contributed by atoms with Gasteiger partial charge in [-0.2, -0.15) is 0 Å². The van der Waals surface area contributed by atoms with Crippen LogP contribution in [0, 0.1) is 0 Å². The molecule has 0 aromatic heterocycles. The number of carbonyl (C=O) groups is 1. The largest absolute Gasteiger partial charge is 0.339 e. The first-order chi connectivity index (χ1) is 9.15. The molecule has 1 aromatic carbocycles. The first-order valence-electron chi connectivity index (χ1n) is 6.91. The maximum atomic E-state index is 12.7. The molecule has 1 aromatic rings. The van der Waals surface area contributed by atoms with E-state index in [-0.39, 0.29) is 5.92 Å². The fourth-order valence-corrected chi connectivity index (χ4v) is 4.31. The maximum Gasteiger partial charge on any atom is 0.231 e. The lowest BCUT2D eigenvalue weighted by Crippen LogP contribution is -2.56. The average molecular weight is 276 g/mol. The minimum absolute atomic E-state index is 0.0544. The maximum absolute atomic E-state index is 12.7. The third-order valence-electron chi connectivity index (χ3n) is 3.87. The second-order valence-electron chi connectivity index (χ2n) is 5.61. The minimum Gasteiger partial charge on any atom is -0.339 e. The van der Waals surface area contributed by atoms with Crippen LogP contribution in [0.15, 0.2) is 29.2 Å². The highest BCUT2D eigenvalue weighted by molar-refractivity contribution is 7.99. The van der Waals surface area contributed by atoms with Crippen LogP contribution in [0.25, 0.3) is 0 Å². The Labute approximate surface area is 118 Å². The summed E-state index contributed by atoms with van der Waals surface area (Å²) >= 11 is 1.81. The van der Waals surface area contributed by atoms with Gasteiger partial charge in [-0.3, -0.25) is 4.79 Å². The van der Waals surface area contributed by atoms with Gasteiger partial charge >= 0.3 is 0 Å². The molecule has 0 radical (unpaired) electrons. The highest BCUT2D eigenvalue weighted by atomic mass is 32.2. The predicted octanol–water partition coefficient (Wildman–Crippen LogP) is 2.08. The second kappa shape index (κ2) is 5.17. The number of hydrogen-bond acceptors (Lipinski definition) is 3. The lowest BCUT2D eigenvalue weighted by Gasteiger charge is -2.37. The predicted molar refractivity (Wildman–Crippen MR) is 78.5 cm³/mol. The number of amides is 1. The second-order valence-corrected chi connectivity index (χ2v) is 6.68. The van der Waals surface area contributed by atoms with E-state index < -0.39 is 0 Å². The summed E-state index contributed by atoms with van der Waals surface area (Å²) in [7, 11) is 0. The number of thioether (sulfide) groups is 1. The molecule has 3 unspecified atom stereocenters. The molecule has 2 aliphatic heterocycles. The SMILES string of the molecule is CC1CN(C(=O)C2CSc3ccccc32)CC(C)N1. The van der Waals surface area contributed by atoms with Crippen molar-refractivity contribution in [2.24, 2.45) is 0 Å². The molecule has 0 aliphatic carbocycles. The zero-order chi connectivity index (χ0) is 13.4. The lowest BCUT2D eigenvalue weighted by atomic mass is 9.98. The zero-order valence-corrected chi connectivity index (χ0v) is 12.2. The molecule has 0 saturated carbocycles. The molecule has 3 atom stereocenters. The Kier molecular flexibility index (Phi) is 3.54. The zero-order valence-electron chi connectivity index (χ0n) is 11.4. The van der Waals surface area contributed by atoms with Crippen LogP contribution in [0.2, 0.25) is 0 Å². The Balaban J connectivity index is 1.78. The lowest BCUT2D eigenvalue weighted by molar-refractivity contribution is -0.134. The van der Waals surface area contributed by atoms with Gasteiger partial charge in [0, 0.05) is 35.8 Å². The van der Waals surface area contributed by atoms with Crippen LogP contribution in [0.5, 0.6) is 0 Å². The monoisotopic (exact) mass is 276 g/mol. The highest BCUT2D eigenvalue weighted by Gasteiger charge is 2.34. The summed E-state index contributed by atoms with van der Waals surface area (Å²) in [6.07, 6.45) is 0. The molecule has 0 spiro atoms. The number of piperazine rings is 1. The van der Waals surface area contributed by atoms with Gasteiger partial charge in [-0.1, -0.05) is 18.2 Å². The topological polar surface area (TPSA) is 32.3 Å². The highest BCUT2D eigenvalue weighted by Crippen LogP contribution is 2.40. The minimum atomic E-state index is 0.0544. The van der Waals surface area contributed by atoms with Gasteiger partial charge in [0.05, 0.1) is 5.92 Å². The summed E-state index contributed by atoms with van der Waals surface area (Å²) in [4.78, 5) is 16.1. The quantitative estimate of drug-likeness (QED) is 0.852. The van der Waals surface area contributed by atoms with Crippen LogP contribution < -0.4 is 5.32 Å². The Morgan fingerprint density at radius 3 is 2.68 bits per heavy atom. The Hall–Kier alpha value is -1.00. The van der Waals surface area contributed by atoms with Gasteiger partial charge in [0.2, 0.25) is 5.91 Å². The van der Waals surface area contributed by atoms with Crippen LogP contribution in [0.1, 0.15) is 25.3 Å². The molecule has 1 amide bonds. The molecular formula is C15H20N2OS. The number of benzene rings is 1. The van der Waals surface area contributed by atoms with Gasteiger partial charge in [-0.05, 0) is 25.5 Å². The molecule has 102 valence electrons. The molecule has 0 bridgehead atoms. The van der Waals surface area contributed by atoms with Crippen LogP contribution in [-0.2, 0) is 4.79 Å². The van der Waals surface area contributed by atoms with E-state index in [9.17, 15) is 4.79 Å². The number of fused-ring (bicyclic) bond motifs is 1. The molecular weight excluding hydrogens is 256 g/mol. The van der Waals surface area contributed by atoms with Gasteiger partial charge in [0.1, 0.15) is 0 Å². The van der Waals surface area contributed by atoms with Crippen molar-refractivity contribution in [1.29, 1.82) is 0 Å². The molecule has 2 aliphatic rings. The molecule has 19 heavy (non-hydrogen) atoms. The van der Waals surface area contributed by atoms with E-state index in [2.05, 4.69) is 31.3 Å². The Morgan fingerprint density at radius 2 is 1.95 bits per heavy atom. The summed E-state index contributed by atoms with van der Waals surface area (Å²) < 4.78 is 0. The van der Waals surface area contributed by atoms with E-state index in [4.69, 9.17) is 0 Å². The van der Waals surface area contributed by atoms with Crippen LogP contribution in [0.3, 0.4) is 0 Å². The Bertz CT molecular complexity index is 481. The van der Waals surface area contributed by atoms with Gasteiger partial charge in [0.25, 0.3) is 0 Å². The summed E-state index contributed by atoms with van der Waals surface area (Å²) in [5.41, 5.74) is 1.22. The fourth-order valence-electron chi connectivity index (χ4n) is 3.09. The first-order valence-corrected chi connectivity index (χ1v) is 7.90. The smallest absolute Gasteiger partial charge is 0.231 e. The van der Waals surface area contributed by atoms with Crippen molar-refractivity contribution in [3.05, 3.63) is 29.8 Å². The fraction of sp³-hybridized carbons (Fsp3) is 0.533. The molecule has 3 rings (SSSR count). The standard InChI is InChI=1S/C15H20N2OS/c1-10-7-17(8-11(2)16-10)15(18)13-9-19-14-6-4-3-5-12(13)14/h3-6,10-11,13,16H,7-9H2,1-2H3. The molecule has 1 saturated heterocycles. The summed E-state index contributed by atoms with van der Waals surface area (Å²) in [5.74, 6) is 1.25. The third-order valence-corrected chi connectivity index (χ3v) is 5.05. The molecule has 2 heterocycles. The number of nitrogens with zero attached hydrogens (tertiary/aromatic N) is 1. The average Bonchev–Trinajstić information content (AvgIpc) is 2.80. The van der Waals surface area contributed by atoms with Gasteiger partial charge in [-0.15, -0.1) is 11.8 Å². The van der Waals surface area contributed by atoms with Crippen LogP contribution in [-0.4, -0.2) is 41.7 Å². The molecule has 1 N–H and O–H groups in total. The number of hydrogen-bond donors (Lipinski definition) is 1.